The molecule has 0 atom stereocenters. The van der Waals surface area contributed by atoms with E-state index in [9.17, 15) is 0 Å². The van der Waals surface area contributed by atoms with E-state index in [1.807, 2.05) is 7.11 Å². The van der Waals surface area contributed by atoms with Crippen LogP contribution in [-0.4, -0.2) is 58.7 Å². The predicted molar refractivity (Wildman–Crippen MR) is 96.8 cm³/mol. The van der Waals surface area contributed by atoms with Gasteiger partial charge in [-0.15, -0.1) is 0 Å². The second kappa shape index (κ2) is 12.6. The fourth-order valence-electron chi connectivity index (χ4n) is 2.37. The molecule has 0 aliphatic carbocycles. The minimum atomic E-state index is -2.37. The highest BCUT2D eigenvalue weighted by molar-refractivity contribution is 6.71. The normalized spacial score (nSPS) is 12.8. The highest BCUT2D eigenvalue weighted by Gasteiger charge is 2.36. The zero-order valence-electron chi connectivity index (χ0n) is 15.5. The van der Waals surface area contributed by atoms with E-state index in [4.69, 9.17) is 17.7 Å². The lowest BCUT2D eigenvalue weighted by Gasteiger charge is -2.24. The molecule has 134 valence electrons. The molecule has 0 rings (SSSR count). The Morgan fingerprint density at radius 2 is 1.18 bits per heavy atom. The van der Waals surface area contributed by atoms with Gasteiger partial charge in [-0.25, -0.2) is 0 Å². The summed E-state index contributed by atoms with van der Waals surface area (Å²) in [5.74, 6) is 0. The van der Waals surface area contributed by atoms with E-state index in [0.29, 0.717) is 0 Å². The fraction of sp³-hybridized carbons (Fsp3) is 1.00. The van der Waals surface area contributed by atoms with Crippen LogP contribution < -0.4 is 5.32 Å². The molecule has 22 heavy (non-hydrogen) atoms. The first-order chi connectivity index (χ1) is 10.4. The minimum Gasteiger partial charge on any atom is -0.420 e. The maximum atomic E-state index is 5.56. The van der Waals surface area contributed by atoms with Gasteiger partial charge >= 0.3 is 8.80 Å². The van der Waals surface area contributed by atoms with Gasteiger partial charge < -0.3 is 23.0 Å². The van der Waals surface area contributed by atoms with E-state index in [-0.39, 0.29) is 0 Å². The van der Waals surface area contributed by atoms with Crippen LogP contribution in [0.4, 0.5) is 0 Å². The van der Waals surface area contributed by atoms with Crippen molar-refractivity contribution >= 4 is 17.1 Å². The van der Waals surface area contributed by atoms with Crippen LogP contribution in [-0.2, 0) is 17.7 Å². The van der Waals surface area contributed by atoms with Gasteiger partial charge in [0.1, 0.15) is 0 Å². The lowest BCUT2D eigenvalue weighted by Crippen LogP contribution is -2.43. The lowest BCUT2D eigenvalue weighted by molar-refractivity contribution is 0.123. The summed E-state index contributed by atoms with van der Waals surface area (Å²) < 4.78 is 21.8. The van der Waals surface area contributed by atoms with Gasteiger partial charge in [-0.2, -0.15) is 0 Å². The van der Waals surface area contributed by atoms with Gasteiger partial charge in [0.15, 0.2) is 8.32 Å². The van der Waals surface area contributed by atoms with Gasteiger partial charge in [-0.05, 0) is 45.1 Å². The molecule has 0 aromatic rings. The Kier molecular flexibility index (Phi) is 12.8. The molecule has 0 amide bonds. The van der Waals surface area contributed by atoms with Gasteiger partial charge in [-0.3, -0.25) is 0 Å². The SMILES string of the molecule is CO[Si](C)(C)CCCCCCNCCC[Si](OC)(OC)OC. The van der Waals surface area contributed by atoms with Gasteiger partial charge in [-0.1, -0.05) is 19.3 Å². The molecule has 7 heteroatoms. The van der Waals surface area contributed by atoms with E-state index in [1.54, 1.807) is 21.3 Å². The van der Waals surface area contributed by atoms with Crippen LogP contribution >= 0.6 is 0 Å². The van der Waals surface area contributed by atoms with E-state index in [1.165, 1.54) is 31.7 Å². The Hall–Kier alpha value is 0.234. The topological polar surface area (TPSA) is 49.0 Å². The summed E-state index contributed by atoms with van der Waals surface area (Å²) in [6.07, 6.45) is 6.19. The van der Waals surface area contributed by atoms with Gasteiger partial charge in [0.2, 0.25) is 0 Å². The molecule has 0 spiro atoms. The van der Waals surface area contributed by atoms with Crippen LogP contribution in [0.15, 0.2) is 0 Å². The van der Waals surface area contributed by atoms with Crippen molar-refractivity contribution in [1.29, 1.82) is 0 Å². The fourth-order valence-corrected chi connectivity index (χ4v) is 5.40. The second-order valence-corrected chi connectivity index (χ2v) is 13.8. The molecule has 0 saturated carbocycles. The summed E-state index contributed by atoms with van der Waals surface area (Å²) in [5, 5.41) is 3.49. The third-order valence-corrected chi connectivity index (χ3v) is 9.70. The van der Waals surface area contributed by atoms with Crippen molar-refractivity contribution in [2.45, 2.75) is 57.3 Å². The van der Waals surface area contributed by atoms with Crippen LogP contribution in [0.1, 0.15) is 32.1 Å². The van der Waals surface area contributed by atoms with Crippen molar-refractivity contribution in [2.24, 2.45) is 0 Å². The molecular formula is C15H37NO4Si2. The zero-order chi connectivity index (χ0) is 16.9. The molecule has 0 unspecified atom stereocenters. The smallest absolute Gasteiger partial charge is 0.420 e. The number of hydrogen-bond acceptors (Lipinski definition) is 5. The number of unbranched alkanes of at least 4 members (excludes halogenated alkanes) is 3. The largest absolute Gasteiger partial charge is 0.500 e. The van der Waals surface area contributed by atoms with Crippen LogP contribution in [0.2, 0.25) is 25.2 Å². The summed E-state index contributed by atoms with van der Waals surface area (Å²) in [6.45, 7) is 6.66. The summed E-state index contributed by atoms with van der Waals surface area (Å²) in [6, 6.07) is 2.13. The van der Waals surface area contributed by atoms with Crippen molar-refractivity contribution in [3.63, 3.8) is 0 Å². The molecule has 0 aromatic heterocycles. The van der Waals surface area contributed by atoms with Crippen molar-refractivity contribution in [3.8, 4) is 0 Å². The van der Waals surface area contributed by atoms with Gasteiger partial charge in [0, 0.05) is 34.5 Å². The molecule has 0 saturated heterocycles. The molecule has 0 heterocycles. The average molecular weight is 352 g/mol. The van der Waals surface area contributed by atoms with E-state index in [0.717, 1.165) is 25.6 Å². The Morgan fingerprint density at radius 1 is 0.636 bits per heavy atom. The first-order valence-corrected chi connectivity index (χ1v) is 13.4. The van der Waals surface area contributed by atoms with Crippen LogP contribution in [0.5, 0.6) is 0 Å². The molecule has 0 fully saturated rings. The van der Waals surface area contributed by atoms with E-state index in [2.05, 4.69) is 18.4 Å². The maximum absolute atomic E-state index is 5.56. The maximum Gasteiger partial charge on any atom is 0.500 e. The quantitative estimate of drug-likeness (QED) is 0.362. The van der Waals surface area contributed by atoms with E-state index < -0.39 is 17.1 Å². The Labute approximate surface area is 139 Å². The molecule has 0 radical (unpaired) electrons. The number of hydrogen-bond donors (Lipinski definition) is 1. The molecule has 1 N–H and O–H groups in total. The summed E-state index contributed by atoms with van der Waals surface area (Å²) >= 11 is 0. The Bertz CT molecular complexity index is 256. The molecule has 0 bridgehead atoms. The van der Waals surface area contributed by atoms with Crippen molar-refractivity contribution in [1.82, 2.24) is 5.32 Å². The standard InChI is InChI=1S/C15H37NO4Si2/c1-17-21(5,6)14-10-8-7-9-12-16-13-11-15-22(18-2,19-3)20-4/h16H,7-15H2,1-6H3. The summed E-state index contributed by atoms with van der Waals surface area (Å²) in [7, 11) is 3.14. The molecule has 0 aromatic carbocycles. The zero-order valence-corrected chi connectivity index (χ0v) is 17.5. The summed E-state index contributed by atoms with van der Waals surface area (Å²) in [5.41, 5.74) is 0. The van der Waals surface area contributed by atoms with Gasteiger partial charge in [0.05, 0.1) is 0 Å². The van der Waals surface area contributed by atoms with Crippen molar-refractivity contribution < 1.29 is 17.7 Å². The average Bonchev–Trinajstić information content (AvgIpc) is 2.53. The number of nitrogens with one attached hydrogen (secondary N) is 1. The molecule has 5 nitrogen and oxygen atoms in total. The highest BCUT2D eigenvalue weighted by atomic mass is 28.4. The van der Waals surface area contributed by atoms with Crippen molar-refractivity contribution in [3.05, 3.63) is 0 Å². The number of rotatable bonds is 15. The van der Waals surface area contributed by atoms with Crippen molar-refractivity contribution in [2.75, 3.05) is 41.5 Å². The van der Waals surface area contributed by atoms with Crippen LogP contribution in [0.3, 0.4) is 0 Å². The lowest BCUT2D eigenvalue weighted by atomic mass is 10.2. The third kappa shape index (κ3) is 10.1. The monoisotopic (exact) mass is 351 g/mol. The second-order valence-electron chi connectivity index (χ2n) is 6.28. The highest BCUT2D eigenvalue weighted by Crippen LogP contribution is 2.16. The van der Waals surface area contributed by atoms with E-state index >= 15 is 0 Å². The first kappa shape index (κ1) is 22.2. The Balaban J connectivity index is 3.44. The Morgan fingerprint density at radius 3 is 1.73 bits per heavy atom. The summed E-state index contributed by atoms with van der Waals surface area (Å²) in [4.78, 5) is 0. The predicted octanol–water partition coefficient (Wildman–Crippen LogP) is 3.26. The third-order valence-electron chi connectivity index (χ3n) is 4.20. The minimum absolute atomic E-state index is 0.861. The first-order valence-electron chi connectivity index (χ1n) is 8.36. The van der Waals surface area contributed by atoms with Crippen LogP contribution in [0.25, 0.3) is 0 Å². The molecular weight excluding hydrogens is 314 g/mol. The van der Waals surface area contributed by atoms with Gasteiger partial charge in [0.25, 0.3) is 0 Å². The molecule has 0 aliphatic heterocycles. The van der Waals surface area contributed by atoms with Crippen LogP contribution in [0, 0.1) is 0 Å². The molecule has 0 aliphatic rings.